The SMILES string of the molecule is COC1=CC(=[O+]C)C(=C(c2c(OC)cc(OC)cc2OC)c2c(OC)cc(OC)cc2OC)C(OC)=C1.[Cl-]. The molecule has 1 aliphatic rings. The Morgan fingerprint density at radius 1 is 0.553 bits per heavy atom. The highest BCUT2D eigenvalue weighted by atomic mass is 35.5. The third-order valence-electron chi connectivity index (χ3n) is 5.90. The molecule has 0 N–H and O–H groups in total. The van der Waals surface area contributed by atoms with Gasteiger partial charge in [-0.05, 0) is 0 Å². The van der Waals surface area contributed by atoms with Gasteiger partial charge in [0.2, 0.25) is 0 Å². The van der Waals surface area contributed by atoms with Crippen LogP contribution >= 0.6 is 0 Å². The summed E-state index contributed by atoms with van der Waals surface area (Å²) < 4.78 is 51.5. The first-order valence-corrected chi connectivity index (χ1v) is 11.2. The van der Waals surface area contributed by atoms with E-state index in [0.717, 1.165) is 0 Å². The van der Waals surface area contributed by atoms with Gasteiger partial charge in [0.1, 0.15) is 51.6 Å². The number of hydrogen-bond acceptors (Lipinski definition) is 8. The molecular formula is C28H33ClO9. The molecule has 2 aromatic rings. The second-order valence-corrected chi connectivity index (χ2v) is 7.60. The van der Waals surface area contributed by atoms with Crippen molar-refractivity contribution in [3.05, 3.63) is 64.6 Å². The van der Waals surface area contributed by atoms with Gasteiger partial charge in [-0.15, -0.1) is 0 Å². The molecule has 0 aliphatic heterocycles. The van der Waals surface area contributed by atoms with Gasteiger partial charge in [-0.3, -0.25) is 4.42 Å². The van der Waals surface area contributed by atoms with E-state index in [9.17, 15) is 0 Å². The van der Waals surface area contributed by atoms with Gasteiger partial charge in [0.15, 0.2) is 0 Å². The Hall–Kier alpha value is -3.98. The minimum Gasteiger partial charge on any atom is -1.00 e. The average Bonchev–Trinajstić information content (AvgIpc) is 2.96. The van der Waals surface area contributed by atoms with E-state index in [1.54, 1.807) is 100 Å². The van der Waals surface area contributed by atoms with Crippen LogP contribution in [0.1, 0.15) is 11.1 Å². The molecule has 0 radical (unpaired) electrons. The maximum atomic E-state index is 5.84. The zero-order chi connectivity index (χ0) is 27.1. The Morgan fingerprint density at radius 3 is 1.26 bits per heavy atom. The molecule has 0 aromatic heterocycles. The number of ether oxygens (including phenoxy) is 8. The molecule has 0 heterocycles. The van der Waals surface area contributed by atoms with E-state index in [2.05, 4.69) is 0 Å². The van der Waals surface area contributed by atoms with Crippen LogP contribution in [0.5, 0.6) is 34.5 Å². The van der Waals surface area contributed by atoms with Crippen LogP contribution in [0.15, 0.2) is 53.5 Å². The van der Waals surface area contributed by atoms with E-state index in [1.807, 2.05) is 0 Å². The van der Waals surface area contributed by atoms with Gasteiger partial charge in [-0.1, -0.05) is 0 Å². The molecule has 1 aliphatic carbocycles. The second-order valence-electron chi connectivity index (χ2n) is 7.60. The van der Waals surface area contributed by atoms with Gasteiger partial charge >= 0.3 is 5.78 Å². The summed E-state index contributed by atoms with van der Waals surface area (Å²) in [6.45, 7) is 0. The molecule has 0 saturated heterocycles. The number of halogens is 1. The minimum absolute atomic E-state index is 0. The third kappa shape index (κ3) is 5.62. The molecule has 0 unspecified atom stereocenters. The van der Waals surface area contributed by atoms with Crippen LogP contribution in [0.4, 0.5) is 0 Å². The lowest BCUT2D eigenvalue weighted by molar-refractivity contribution is -0.418. The van der Waals surface area contributed by atoms with Crippen molar-refractivity contribution >= 4 is 11.4 Å². The molecule has 3 rings (SSSR count). The third-order valence-corrected chi connectivity index (χ3v) is 5.90. The second kappa shape index (κ2) is 13.5. The summed E-state index contributed by atoms with van der Waals surface area (Å²) in [4.78, 5) is 0. The molecule has 0 saturated carbocycles. The topological polar surface area (TPSA) is 85.1 Å². The maximum absolute atomic E-state index is 5.84. The van der Waals surface area contributed by atoms with Crippen LogP contribution in [0.25, 0.3) is 5.57 Å². The summed E-state index contributed by atoms with van der Waals surface area (Å²) in [7, 11) is 14.1. The van der Waals surface area contributed by atoms with Crippen molar-refractivity contribution in [3.8, 4) is 34.5 Å². The zero-order valence-electron chi connectivity index (χ0n) is 23.0. The Balaban J connectivity index is 0.00000507. The Morgan fingerprint density at radius 2 is 0.974 bits per heavy atom. The number of benzene rings is 2. The van der Waals surface area contributed by atoms with Crippen LogP contribution in [0.3, 0.4) is 0 Å². The van der Waals surface area contributed by atoms with Crippen LogP contribution in [0.2, 0.25) is 0 Å². The lowest BCUT2D eigenvalue weighted by atomic mass is 9.86. The molecule has 0 fully saturated rings. The molecule has 9 nitrogen and oxygen atoms in total. The molecule has 2 aromatic carbocycles. The quantitative estimate of drug-likeness (QED) is 0.325. The molecule has 0 amide bonds. The van der Waals surface area contributed by atoms with Crippen molar-refractivity contribution in [1.82, 2.24) is 0 Å². The van der Waals surface area contributed by atoms with Crippen LogP contribution in [-0.4, -0.2) is 69.8 Å². The highest BCUT2D eigenvalue weighted by Gasteiger charge is 2.36. The van der Waals surface area contributed by atoms with Crippen molar-refractivity contribution in [2.75, 3.05) is 64.0 Å². The average molecular weight is 549 g/mol. The molecule has 0 bridgehead atoms. The summed E-state index contributed by atoms with van der Waals surface area (Å²) >= 11 is 0. The maximum Gasteiger partial charge on any atom is 0.358 e. The lowest BCUT2D eigenvalue weighted by Gasteiger charge is -2.24. The number of hydrogen-bond donors (Lipinski definition) is 0. The molecule has 206 valence electrons. The van der Waals surface area contributed by atoms with E-state index in [4.69, 9.17) is 42.3 Å². The monoisotopic (exact) mass is 548 g/mol. The fourth-order valence-electron chi connectivity index (χ4n) is 4.13. The van der Waals surface area contributed by atoms with E-state index < -0.39 is 0 Å². The fourth-order valence-corrected chi connectivity index (χ4v) is 4.13. The summed E-state index contributed by atoms with van der Waals surface area (Å²) in [5, 5.41) is 0. The molecule has 0 atom stereocenters. The normalized spacial score (nSPS) is 13.5. The van der Waals surface area contributed by atoms with E-state index in [1.165, 1.54) is 0 Å². The molecule has 10 heteroatoms. The summed E-state index contributed by atoms with van der Waals surface area (Å²) in [5.74, 6) is 4.53. The Kier molecular flexibility index (Phi) is 10.8. The van der Waals surface area contributed by atoms with Gasteiger partial charge in [0.25, 0.3) is 7.11 Å². The molecule has 0 spiro atoms. The number of rotatable bonds is 10. The van der Waals surface area contributed by atoms with Crippen molar-refractivity contribution in [2.45, 2.75) is 0 Å². The highest BCUT2D eigenvalue weighted by Crippen LogP contribution is 2.50. The van der Waals surface area contributed by atoms with Gasteiger partial charge in [-0.25, -0.2) is 0 Å². The predicted molar refractivity (Wildman–Crippen MR) is 139 cm³/mol. The molecular weight excluding hydrogens is 516 g/mol. The smallest absolute Gasteiger partial charge is 0.358 e. The van der Waals surface area contributed by atoms with Gasteiger partial charge < -0.3 is 50.3 Å². The highest BCUT2D eigenvalue weighted by molar-refractivity contribution is 6.17. The van der Waals surface area contributed by atoms with Gasteiger partial charge in [-0.2, -0.15) is 0 Å². The van der Waals surface area contributed by atoms with Crippen molar-refractivity contribution in [2.24, 2.45) is 0 Å². The number of allylic oxidation sites excluding steroid dienone is 3. The number of ketones is 1. The summed E-state index contributed by atoms with van der Waals surface area (Å²) in [6, 6.07) is 7.07. The minimum atomic E-state index is 0. The van der Waals surface area contributed by atoms with Crippen LogP contribution < -0.4 is 40.8 Å². The first-order valence-electron chi connectivity index (χ1n) is 11.2. The van der Waals surface area contributed by atoms with Crippen LogP contribution in [0, 0.1) is 0 Å². The Bertz CT molecular complexity index is 1160. The van der Waals surface area contributed by atoms with Crippen molar-refractivity contribution in [1.29, 1.82) is 0 Å². The predicted octanol–water partition coefficient (Wildman–Crippen LogP) is 1.35. The zero-order valence-corrected chi connectivity index (χ0v) is 23.8. The molecule has 38 heavy (non-hydrogen) atoms. The number of carbonyl (C=O) groups excluding carboxylic acids is 1. The first-order chi connectivity index (χ1) is 17.9. The van der Waals surface area contributed by atoms with Gasteiger partial charge in [0, 0.05) is 35.9 Å². The van der Waals surface area contributed by atoms with Crippen molar-refractivity contribution < 1.29 is 54.7 Å². The fraction of sp³-hybridized carbons (Fsp3) is 0.321. The van der Waals surface area contributed by atoms with Gasteiger partial charge in [0.05, 0.1) is 74.1 Å². The largest absolute Gasteiger partial charge is 1.00 e. The summed E-state index contributed by atoms with van der Waals surface area (Å²) in [6.07, 6.45) is 3.53. The summed E-state index contributed by atoms with van der Waals surface area (Å²) in [5.41, 5.74) is 2.38. The first kappa shape index (κ1) is 30.2. The van der Waals surface area contributed by atoms with Crippen molar-refractivity contribution in [3.63, 3.8) is 0 Å². The number of methoxy groups -OCH3 is 8. The van der Waals surface area contributed by atoms with E-state index >= 15 is 0 Å². The Labute approximate surface area is 229 Å². The van der Waals surface area contributed by atoms with Crippen LogP contribution in [-0.2, 0) is 13.9 Å². The lowest BCUT2D eigenvalue weighted by Crippen LogP contribution is -3.00. The van der Waals surface area contributed by atoms with E-state index in [0.29, 0.717) is 74.1 Å². The van der Waals surface area contributed by atoms with E-state index in [-0.39, 0.29) is 12.4 Å². The standard InChI is InChI=1S/C28H33O9.ClH/c1-29-16-10-19(32-4)25(20(11-16)33-5)28(26-21(34-6)12-17(30-2)13-22(26)35-7)27-23(36-8)14-18(31-3)15-24(27)37-9;/h10-15H,1-9H3;1H/q+1;/p-1.